The minimum absolute atomic E-state index is 0.0650. The van der Waals surface area contributed by atoms with Crippen molar-refractivity contribution >= 4 is 27.5 Å². The third-order valence-corrected chi connectivity index (χ3v) is 8.23. The van der Waals surface area contributed by atoms with Crippen molar-refractivity contribution in [2.45, 2.75) is 38.1 Å². The molecule has 0 amide bonds. The molecule has 190 valence electrons. The van der Waals surface area contributed by atoms with Crippen LogP contribution in [0.3, 0.4) is 0 Å². The summed E-state index contributed by atoms with van der Waals surface area (Å²) < 4.78 is 22.4. The highest BCUT2D eigenvalue weighted by molar-refractivity contribution is 5.99. The van der Waals surface area contributed by atoms with Gasteiger partial charge in [-0.25, -0.2) is 4.39 Å². The third-order valence-electron chi connectivity index (χ3n) is 8.23. The Labute approximate surface area is 214 Å². The van der Waals surface area contributed by atoms with Crippen molar-refractivity contribution in [3.8, 4) is 23.0 Å². The molecule has 37 heavy (non-hydrogen) atoms. The van der Waals surface area contributed by atoms with E-state index >= 15 is 4.39 Å². The molecule has 4 heterocycles. The molecule has 7 rings (SSSR count). The molecular weight excluding hydrogens is 469 g/mol. The van der Waals surface area contributed by atoms with Gasteiger partial charge < -0.3 is 20.1 Å². The van der Waals surface area contributed by atoms with Crippen LogP contribution < -0.4 is 15.0 Å². The molecule has 1 aliphatic carbocycles. The van der Waals surface area contributed by atoms with Gasteiger partial charge in [0, 0.05) is 30.9 Å². The van der Waals surface area contributed by atoms with Gasteiger partial charge in [0.05, 0.1) is 5.39 Å². The van der Waals surface area contributed by atoms with Gasteiger partial charge in [-0.1, -0.05) is 24.3 Å². The standard InChI is InChI=1S/C29H30FN5O2/c30-25-26(23-12-21(36)11-19-4-1-2-6-22(19)23)32-13-24-27(25)33-29(37-16-20-5-3-9-31-20)34-28(24)35-14-17-7-8-18(10-17)15-35/h1-2,4,6,11-13,17-18,20,31,36H,3,5,7-10,14-16H2/t17?,18?,20-/m0/s1. The molecule has 1 saturated carbocycles. The number of anilines is 1. The predicted octanol–water partition coefficient (Wildman–Crippen LogP) is 5.06. The first-order chi connectivity index (χ1) is 18.1. The third kappa shape index (κ3) is 4.13. The minimum Gasteiger partial charge on any atom is -0.508 e. The zero-order chi connectivity index (χ0) is 24.9. The van der Waals surface area contributed by atoms with Gasteiger partial charge in [0.1, 0.15) is 29.4 Å². The molecule has 2 aliphatic heterocycles. The van der Waals surface area contributed by atoms with E-state index in [1.54, 1.807) is 18.3 Å². The van der Waals surface area contributed by atoms with Gasteiger partial charge in [-0.3, -0.25) is 4.98 Å². The van der Waals surface area contributed by atoms with E-state index in [4.69, 9.17) is 9.72 Å². The predicted molar refractivity (Wildman–Crippen MR) is 141 cm³/mol. The second-order valence-electron chi connectivity index (χ2n) is 10.8. The van der Waals surface area contributed by atoms with E-state index in [9.17, 15) is 5.11 Å². The van der Waals surface area contributed by atoms with Crippen LogP contribution in [0.25, 0.3) is 32.9 Å². The number of fused-ring (bicyclic) bond motifs is 4. The van der Waals surface area contributed by atoms with E-state index in [2.05, 4.69) is 20.2 Å². The van der Waals surface area contributed by atoms with Crippen LogP contribution in [0.1, 0.15) is 32.1 Å². The molecular formula is C29H30FN5O2. The fourth-order valence-electron chi connectivity index (χ4n) is 6.46. The fourth-order valence-corrected chi connectivity index (χ4v) is 6.46. The Hall–Kier alpha value is -3.52. The van der Waals surface area contributed by atoms with E-state index < -0.39 is 5.82 Å². The Bertz CT molecular complexity index is 1480. The van der Waals surface area contributed by atoms with Gasteiger partial charge in [0.2, 0.25) is 0 Å². The zero-order valence-electron chi connectivity index (χ0n) is 20.7. The van der Waals surface area contributed by atoms with Gasteiger partial charge >= 0.3 is 6.01 Å². The number of rotatable bonds is 5. The fraction of sp³-hybridized carbons (Fsp3) is 0.414. The van der Waals surface area contributed by atoms with Crippen LogP contribution in [-0.4, -0.2) is 52.3 Å². The molecule has 4 aromatic rings. The van der Waals surface area contributed by atoms with Gasteiger partial charge in [-0.05, 0) is 73.4 Å². The average Bonchev–Trinajstić information content (AvgIpc) is 3.56. The highest BCUT2D eigenvalue weighted by atomic mass is 19.1. The average molecular weight is 500 g/mol. The first-order valence-electron chi connectivity index (χ1n) is 13.3. The Morgan fingerprint density at radius 2 is 1.89 bits per heavy atom. The molecule has 2 saturated heterocycles. The molecule has 3 atom stereocenters. The maximum absolute atomic E-state index is 16.3. The molecule has 8 heteroatoms. The number of piperidine rings is 1. The van der Waals surface area contributed by atoms with Gasteiger partial charge in [-0.2, -0.15) is 9.97 Å². The summed E-state index contributed by atoms with van der Waals surface area (Å²) in [5, 5.41) is 16.0. The summed E-state index contributed by atoms with van der Waals surface area (Å²) in [6.45, 7) is 3.25. The van der Waals surface area contributed by atoms with Crippen LogP contribution >= 0.6 is 0 Å². The van der Waals surface area contributed by atoms with E-state index in [0.29, 0.717) is 35.2 Å². The summed E-state index contributed by atoms with van der Waals surface area (Å²) >= 11 is 0. The first kappa shape index (κ1) is 22.7. The molecule has 3 fully saturated rings. The van der Waals surface area contributed by atoms with E-state index in [-0.39, 0.29) is 29.0 Å². The number of aromatic nitrogens is 3. The Kier molecular flexibility index (Phi) is 5.57. The van der Waals surface area contributed by atoms with Crippen molar-refractivity contribution in [1.29, 1.82) is 0 Å². The topological polar surface area (TPSA) is 83.4 Å². The lowest BCUT2D eigenvalue weighted by atomic mass is 9.98. The number of halogens is 1. The van der Waals surface area contributed by atoms with Gasteiger partial charge in [0.15, 0.2) is 5.82 Å². The Balaban J connectivity index is 1.36. The van der Waals surface area contributed by atoms with Crippen molar-refractivity contribution in [3.05, 3.63) is 48.4 Å². The molecule has 0 radical (unpaired) electrons. The second-order valence-corrected chi connectivity index (χ2v) is 10.8. The van der Waals surface area contributed by atoms with Gasteiger partial charge in [-0.15, -0.1) is 0 Å². The zero-order valence-corrected chi connectivity index (χ0v) is 20.7. The number of nitrogens with one attached hydrogen (secondary N) is 1. The number of phenols is 1. The summed E-state index contributed by atoms with van der Waals surface area (Å²) in [7, 11) is 0. The summed E-state index contributed by atoms with van der Waals surface area (Å²) in [6.07, 6.45) is 7.58. The summed E-state index contributed by atoms with van der Waals surface area (Å²) in [6, 6.07) is 11.3. The molecule has 7 nitrogen and oxygen atoms in total. The van der Waals surface area contributed by atoms with Crippen molar-refractivity contribution in [2.24, 2.45) is 11.8 Å². The SMILES string of the molecule is Oc1cc(-c2ncc3c(N4CC5CCC(C5)C4)nc(OC[C@@H]4CCCN4)nc3c2F)c2ccccc2c1. The number of phenolic OH excluding ortho intramolecular Hbond substituents is 1. The maximum Gasteiger partial charge on any atom is 0.319 e. The van der Waals surface area contributed by atoms with Crippen LogP contribution in [0, 0.1) is 17.7 Å². The van der Waals surface area contributed by atoms with Crippen molar-refractivity contribution in [1.82, 2.24) is 20.3 Å². The molecule has 3 aliphatic rings. The highest BCUT2D eigenvalue weighted by Gasteiger charge is 2.35. The quantitative estimate of drug-likeness (QED) is 0.397. The first-order valence-corrected chi connectivity index (χ1v) is 13.3. The summed E-state index contributed by atoms with van der Waals surface area (Å²) in [4.78, 5) is 16.2. The van der Waals surface area contributed by atoms with Crippen molar-refractivity contribution in [3.63, 3.8) is 0 Å². The van der Waals surface area contributed by atoms with Crippen LogP contribution in [0.5, 0.6) is 11.8 Å². The molecule has 2 bridgehead atoms. The lowest BCUT2D eigenvalue weighted by Crippen LogP contribution is -2.37. The summed E-state index contributed by atoms with van der Waals surface area (Å²) in [5.74, 6) is 1.53. The number of hydrogen-bond acceptors (Lipinski definition) is 7. The smallest absolute Gasteiger partial charge is 0.319 e. The number of nitrogens with zero attached hydrogens (tertiary/aromatic N) is 4. The van der Waals surface area contributed by atoms with Crippen LogP contribution in [0.2, 0.25) is 0 Å². The maximum atomic E-state index is 16.3. The number of ether oxygens (including phenoxy) is 1. The molecule has 2 aromatic carbocycles. The van der Waals surface area contributed by atoms with Crippen LogP contribution in [0.15, 0.2) is 42.6 Å². The molecule has 2 aromatic heterocycles. The highest BCUT2D eigenvalue weighted by Crippen LogP contribution is 2.41. The van der Waals surface area contributed by atoms with Crippen LogP contribution in [-0.2, 0) is 0 Å². The lowest BCUT2D eigenvalue weighted by molar-refractivity contribution is 0.258. The number of pyridine rings is 1. The minimum atomic E-state index is -0.527. The van der Waals surface area contributed by atoms with Gasteiger partial charge in [0.25, 0.3) is 0 Å². The molecule has 2 N–H and O–H groups in total. The second kappa shape index (κ2) is 9.10. The Morgan fingerprint density at radius 3 is 2.70 bits per heavy atom. The number of hydrogen-bond donors (Lipinski definition) is 2. The molecule has 0 spiro atoms. The normalized spacial score (nSPS) is 23.3. The van der Waals surface area contributed by atoms with E-state index in [0.717, 1.165) is 43.2 Å². The lowest BCUT2D eigenvalue weighted by Gasteiger charge is -2.33. The number of benzene rings is 2. The number of aromatic hydroxyl groups is 1. The molecule has 2 unspecified atom stereocenters. The van der Waals surface area contributed by atoms with Crippen LogP contribution in [0.4, 0.5) is 10.2 Å². The van der Waals surface area contributed by atoms with Crippen molar-refractivity contribution < 1.29 is 14.2 Å². The van der Waals surface area contributed by atoms with Crippen molar-refractivity contribution in [2.75, 3.05) is 31.1 Å². The van der Waals surface area contributed by atoms with E-state index in [1.165, 1.54) is 19.3 Å². The summed E-state index contributed by atoms with van der Waals surface area (Å²) in [5.41, 5.74) is 0.893. The largest absolute Gasteiger partial charge is 0.508 e. The monoisotopic (exact) mass is 499 g/mol. The van der Waals surface area contributed by atoms with E-state index in [1.807, 2.05) is 24.3 Å². The Morgan fingerprint density at radius 1 is 1.05 bits per heavy atom.